The Labute approximate surface area is 149 Å². The summed E-state index contributed by atoms with van der Waals surface area (Å²) in [6, 6.07) is 15.9. The summed E-state index contributed by atoms with van der Waals surface area (Å²) in [7, 11) is 1.56. The number of anilines is 2. The van der Waals surface area contributed by atoms with Crippen molar-refractivity contribution in [2.45, 2.75) is 13.0 Å². The number of hydrogen-bond acceptors (Lipinski definition) is 4. The van der Waals surface area contributed by atoms with Gasteiger partial charge in [-0.25, -0.2) is 9.59 Å². The summed E-state index contributed by atoms with van der Waals surface area (Å²) in [6.45, 7) is 1.68. The van der Waals surface area contributed by atoms with Crippen molar-refractivity contribution in [3.05, 3.63) is 82.2 Å². The summed E-state index contributed by atoms with van der Waals surface area (Å²) in [5, 5.41) is 4.09. The number of ether oxygens (including phenoxy) is 1. The highest BCUT2D eigenvalue weighted by atomic mass is 16.5. The lowest BCUT2D eigenvalue weighted by atomic mass is 10.0. The number of nitrogens with zero attached hydrogens (tertiary/aromatic N) is 2. The summed E-state index contributed by atoms with van der Waals surface area (Å²) < 4.78 is 12.1. The molecule has 0 aliphatic carbocycles. The maximum Gasteiger partial charge on any atom is 0.439 e. The first kappa shape index (κ1) is 16.2. The minimum Gasteiger partial charge on any atom is -0.411 e. The number of carbonyl (C=O) groups is 1. The number of fused-ring (bicyclic) bond motifs is 2. The van der Waals surface area contributed by atoms with E-state index in [1.54, 1.807) is 38.3 Å². The van der Waals surface area contributed by atoms with E-state index in [4.69, 9.17) is 9.15 Å². The fourth-order valence-corrected chi connectivity index (χ4v) is 3.25. The van der Waals surface area contributed by atoms with Crippen LogP contribution in [0.5, 0.6) is 0 Å². The molecule has 1 aromatic heterocycles. The lowest BCUT2D eigenvalue weighted by Gasteiger charge is -2.33. The normalized spacial score (nSPS) is 15.3. The van der Waals surface area contributed by atoms with Crippen molar-refractivity contribution in [2.24, 2.45) is 0 Å². The standard InChI is InChI=1S/C19H17N3O4/c1-12-16-17(25-2)14-10-6-7-11-15(14)21(22(16)19(24)26-12)18(23)20-13-8-4-3-5-9-13/h3-11,17H,1-2H3,(H,20,23). The van der Waals surface area contributed by atoms with Crippen LogP contribution in [0.3, 0.4) is 0 Å². The molecule has 1 unspecified atom stereocenters. The van der Waals surface area contributed by atoms with Gasteiger partial charge in [0.25, 0.3) is 0 Å². The molecule has 2 amide bonds. The molecule has 1 aliphatic heterocycles. The fourth-order valence-electron chi connectivity index (χ4n) is 3.25. The summed E-state index contributed by atoms with van der Waals surface area (Å²) in [5.74, 6) is -0.230. The zero-order valence-electron chi connectivity index (χ0n) is 14.3. The maximum absolute atomic E-state index is 13.0. The number of para-hydroxylation sites is 2. The topological polar surface area (TPSA) is 76.7 Å². The lowest BCUT2D eigenvalue weighted by molar-refractivity contribution is 0.125. The van der Waals surface area contributed by atoms with E-state index in [2.05, 4.69) is 5.32 Å². The molecule has 4 rings (SSSR count). The molecule has 7 heteroatoms. The van der Waals surface area contributed by atoms with Gasteiger partial charge in [0.1, 0.15) is 17.6 Å². The highest BCUT2D eigenvalue weighted by Gasteiger charge is 2.38. The second-order valence-corrected chi connectivity index (χ2v) is 5.90. The maximum atomic E-state index is 13.0. The van der Waals surface area contributed by atoms with Gasteiger partial charge in [-0.05, 0) is 25.1 Å². The molecule has 26 heavy (non-hydrogen) atoms. The molecule has 2 heterocycles. The minimum atomic E-state index is -0.641. The van der Waals surface area contributed by atoms with Crippen LogP contribution in [-0.2, 0) is 4.74 Å². The molecule has 0 radical (unpaired) electrons. The Hall–Kier alpha value is -3.32. The third-order valence-corrected chi connectivity index (χ3v) is 4.35. The number of hydrogen-bond donors (Lipinski definition) is 1. The molecule has 0 bridgehead atoms. The van der Waals surface area contributed by atoms with Crippen LogP contribution in [0.1, 0.15) is 23.1 Å². The average Bonchev–Trinajstić information content (AvgIpc) is 2.94. The number of oxazole rings is 1. The Morgan fingerprint density at radius 3 is 2.54 bits per heavy atom. The van der Waals surface area contributed by atoms with Gasteiger partial charge in [0.2, 0.25) is 0 Å². The molecule has 1 atom stereocenters. The molecule has 0 spiro atoms. The van der Waals surface area contributed by atoms with E-state index in [1.807, 2.05) is 30.3 Å². The molecule has 7 nitrogen and oxygen atoms in total. The molecule has 1 N–H and O–H groups in total. The van der Waals surface area contributed by atoms with E-state index in [9.17, 15) is 9.59 Å². The van der Waals surface area contributed by atoms with Crippen molar-refractivity contribution in [3.8, 4) is 0 Å². The quantitative estimate of drug-likeness (QED) is 0.768. The predicted molar refractivity (Wildman–Crippen MR) is 96.3 cm³/mol. The van der Waals surface area contributed by atoms with Crippen molar-refractivity contribution < 1.29 is 13.9 Å². The number of aryl methyl sites for hydroxylation is 1. The largest absolute Gasteiger partial charge is 0.439 e. The third kappa shape index (κ3) is 2.41. The second kappa shape index (κ2) is 6.20. The number of benzene rings is 2. The van der Waals surface area contributed by atoms with E-state index in [1.165, 1.54) is 9.69 Å². The number of aromatic nitrogens is 1. The number of urea groups is 1. The minimum absolute atomic E-state index is 0.411. The highest BCUT2D eigenvalue weighted by molar-refractivity contribution is 6.02. The third-order valence-electron chi connectivity index (χ3n) is 4.35. The number of nitrogens with one attached hydrogen (secondary N) is 1. The number of amides is 2. The zero-order chi connectivity index (χ0) is 18.3. The van der Waals surface area contributed by atoms with Crippen LogP contribution in [0.2, 0.25) is 0 Å². The summed E-state index contributed by atoms with van der Waals surface area (Å²) in [6.07, 6.45) is -0.501. The zero-order valence-corrected chi connectivity index (χ0v) is 14.3. The van der Waals surface area contributed by atoms with E-state index < -0.39 is 17.9 Å². The monoisotopic (exact) mass is 351 g/mol. The van der Waals surface area contributed by atoms with E-state index in [0.717, 1.165) is 5.56 Å². The molecule has 0 fully saturated rings. The van der Waals surface area contributed by atoms with Crippen molar-refractivity contribution in [3.63, 3.8) is 0 Å². The molecule has 132 valence electrons. The SMILES string of the molecule is COC1c2ccccc2N(C(=O)Nc2ccccc2)n2c1c(C)oc2=O. The van der Waals surface area contributed by atoms with E-state index in [-0.39, 0.29) is 0 Å². The molecular formula is C19H17N3O4. The van der Waals surface area contributed by atoms with Crippen LogP contribution >= 0.6 is 0 Å². The van der Waals surface area contributed by atoms with Gasteiger partial charge >= 0.3 is 11.8 Å². The van der Waals surface area contributed by atoms with Gasteiger partial charge in [0.05, 0.1) is 5.69 Å². The molecular weight excluding hydrogens is 334 g/mol. The van der Waals surface area contributed by atoms with Crippen molar-refractivity contribution in [2.75, 3.05) is 17.4 Å². The van der Waals surface area contributed by atoms with Gasteiger partial charge in [-0.3, -0.25) is 0 Å². The summed E-state index contributed by atoms with van der Waals surface area (Å²) in [4.78, 5) is 25.5. The Morgan fingerprint density at radius 2 is 1.81 bits per heavy atom. The predicted octanol–water partition coefficient (Wildman–Crippen LogP) is 3.30. The van der Waals surface area contributed by atoms with Gasteiger partial charge in [0.15, 0.2) is 0 Å². The van der Waals surface area contributed by atoms with Gasteiger partial charge in [-0.15, -0.1) is 0 Å². The van der Waals surface area contributed by atoms with Gasteiger partial charge < -0.3 is 14.5 Å². The van der Waals surface area contributed by atoms with Crippen molar-refractivity contribution in [1.29, 1.82) is 0 Å². The summed E-state index contributed by atoms with van der Waals surface area (Å²) >= 11 is 0. The van der Waals surface area contributed by atoms with Crippen LogP contribution < -0.4 is 16.1 Å². The molecule has 0 saturated heterocycles. The average molecular weight is 351 g/mol. The van der Waals surface area contributed by atoms with Gasteiger partial charge in [0, 0.05) is 18.4 Å². The van der Waals surface area contributed by atoms with Crippen LogP contribution in [0.15, 0.2) is 63.8 Å². The van der Waals surface area contributed by atoms with Gasteiger partial charge in [-0.1, -0.05) is 36.4 Å². The van der Waals surface area contributed by atoms with Crippen molar-refractivity contribution in [1.82, 2.24) is 4.68 Å². The lowest BCUT2D eigenvalue weighted by Crippen LogP contribution is -2.48. The van der Waals surface area contributed by atoms with Crippen molar-refractivity contribution >= 4 is 17.4 Å². The Balaban J connectivity index is 1.87. The number of carbonyl (C=O) groups excluding carboxylic acids is 1. The van der Waals surface area contributed by atoms with Crippen LogP contribution in [0, 0.1) is 6.92 Å². The van der Waals surface area contributed by atoms with Crippen LogP contribution in [-0.4, -0.2) is 17.8 Å². The molecule has 2 aromatic carbocycles. The van der Waals surface area contributed by atoms with Crippen LogP contribution in [0.25, 0.3) is 0 Å². The first-order chi connectivity index (χ1) is 12.6. The fraction of sp³-hybridized carbons (Fsp3) is 0.158. The highest BCUT2D eigenvalue weighted by Crippen LogP contribution is 2.39. The Bertz CT molecular complexity index is 1020. The number of methoxy groups -OCH3 is 1. The molecule has 1 aliphatic rings. The van der Waals surface area contributed by atoms with Gasteiger partial charge in [-0.2, -0.15) is 9.69 Å². The molecule has 3 aromatic rings. The van der Waals surface area contributed by atoms with Crippen LogP contribution in [0.4, 0.5) is 16.2 Å². The second-order valence-electron chi connectivity index (χ2n) is 5.90. The Kier molecular flexibility index (Phi) is 3.85. The first-order valence-corrected chi connectivity index (χ1v) is 8.12. The summed E-state index contributed by atoms with van der Waals surface area (Å²) in [5.41, 5.74) is 2.46. The Morgan fingerprint density at radius 1 is 1.12 bits per heavy atom. The number of rotatable bonds is 2. The van der Waals surface area contributed by atoms with E-state index >= 15 is 0 Å². The molecule has 0 saturated carbocycles. The smallest absolute Gasteiger partial charge is 0.411 e. The first-order valence-electron chi connectivity index (χ1n) is 8.12. The van der Waals surface area contributed by atoms with E-state index in [0.29, 0.717) is 22.8 Å².